The van der Waals surface area contributed by atoms with Gasteiger partial charge in [0.2, 0.25) is 5.91 Å². The predicted octanol–water partition coefficient (Wildman–Crippen LogP) is 3.00. The normalized spacial score (nSPS) is 17.3. The third-order valence-corrected chi connectivity index (χ3v) is 5.82. The molecule has 0 fully saturated rings. The highest BCUT2D eigenvalue weighted by Crippen LogP contribution is 2.31. The van der Waals surface area contributed by atoms with Crippen LogP contribution >= 0.6 is 23.1 Å². The number of aromatic nitrogens is 1. The van der Waals surface area contributed by atoms with E-state index in [-0.39, 0.29) is 11.9 Å². The third kappa shape index (κ3) is 2.97. The van der Waals surface area contributed by atoms with Crippen molar-refractivity contribution in [3.63, 3.8) is 0 Å². The first kappa shape index (κ1) is 14.6. The Kier molecular flexibility index (Phi) is 4.28. The molecule has 1 amide bonds. The van der Waals surface area contributed by atoms with Gasteiger partial charge in [0.25, 0.3) is 0 Å². The van der Waals surface area contributed by atoms with E-state index >= 15 is 0 Å². The van der Waals surface area contributed by atoms with Crippen LogP contribution in [0.5, 0.6) is 0 Å². The number of thioether (sulfide) groups is 1. The maximum Gasteiger partial charge on any atom is 0.247 e. The van der Waals surface area contributed by atoms with Crippen molar-refractivity contribution < 1.29 is 4.79 Å². The fraction of sp³-hybridized carbons (Fsp3) is 0.333. The molecule has 1 aliphatic heterocycles. The lowest BCUT2D eigenvalue weighted by atomic mass is 9.94. The number of carbonyl (C=O) groups is 1. The van der Waals surface area contributed by atoms with Crippen molar-refractivity contribution >= 4 is 34.1 Å². The van der Waals surface area contributed by atoms with Crippen LogP contribution in [0.2, 0.25) is 0 Å². The van der Waals surface area contributed by atoms with Crippen LogP contribution in [0.15, 0.2) is 28.5 Å². The van der Waals surface area contributed by atoms with Gasteiger partial charge in [-0.05, 0) is 30.7 Å². The van der Waals surface area contributed by atoms with Gasteiger partial charge < -0.3 is 10.6 Å². The molecule has 1 aromatic heterocycles. The van der Waals surface area contributed by atoms with Gasteiger partial charge in [0.15, 0.2) is 5.13 Å². The van der Waals surface area contributed by atoms with Crippen LogP contribution in [0.1, 0.15) is 22.9 Å². The van der Waals surface area contributed by atoms with Gasteiger partial charge in [0.1, 0.15) is 6.04 Å². The Morgan fingerprint density at radius 3 is 3.05 bits per heavy atom. The standard InChI is InChI=1S/C15H17N3OS2/c1-9-14(20-2)21-15(17-9)18-13(19)12-11-6-4-3-5-10(11)7-8-16-12/h3-6,12,16H,7-8H2,1-2H3,(H,17,18,19)/t12-/m1/s1. The molecular weight excluding hydrogens is 302 g/mol. The largest absolute Gasteiger partial charge is 0.302 e. The number of rotatable bonds is 3. The van der Waals surface area contributed by atoms with E-state index < -0.39 is 0 Å². The minimum Gasteiger partial charge on any atom is -0.302 e. The molecule has 0 aliphatic carbocycles. The molecule has 2 N–H and O–H groups in total. The second-order valence-corrected chi connectivity index (χ2v) is 7.00. The molecule has 6 heteroatoms. The van der Waals surface area contributed by atoms with Gasteiger partial charge in [-0.3, -0.25) is 4.79 Å². The van der Waals surface area contributed by atoms with E-state index in [1.807, 2.05) is 31.4 Å². The maximum absolute atomic E-state index is 12.5. The number of carbonyl (C=O) groups excluding carboxylic acids is 1. The van der Waals surface area contributed by atoms with Gasteiger partial charge in [-0.2, -0.15) is 0 Å². The lowest BCUT2D eigenvalue weighted by Crippen LogP contribution is -2.38. The zero-order chi connectivity index (χ0) is 14.8. The van der Waals surface area contributed by atoms with Crippen molar-refractivity contribution in [2.24, 2.45) is 0 Å². The molecule has 110 valence electrons. The summed E-state index contributed by atoms with van der Waals surface area (Å²) in [6.45, 7) is 2.79. The summed E-state index contributed by atoms with van der Waals surface area (Å²) in [5, 5.41) is 6.90. The van der Waals surface area contributed by atoms with Crippen LogP contribution < -0.4 is 10.6 Å². The molecular formula is C15H17N3OS2. The maximum atomic E-state index is 12.5. The Balaban J connectivity index is 1.80. The lowest BCUT2D eigenvalue weighted by Gasteiger charge is -2.25. The average Bonchev–Trinajstić information content (AvgIpc) is 2.86. The molecule has 0 saturated heterocycles. The fourth-order valence-electron chi connectivity index (χ4n) is 2.54. The molecule has 3 rings (SSSR count). The van der Waals surface area contributed by atoms with E-state index in [9.17, 15) is 4.79 Å². The number of nitrogens with zero attached hydrogens (tertiary/aromatic N) is 1. The summed E-state index contributed by atoms with van der Waals surface area (Å²) < 4.78 is 1.14. The third-order valence-electron chi connectivity index (χ3n) is 3.54. The van der Waals surface area contributed by atoms with Crippen molar-refractivity contribution in [1.82, 2.24) is 10.3 Å². The SMILES string of the molecule is CSc1sc(NC(=O)[C@@H]2NCCc3ccccc32)nc1C. The van der Waals surface area contributed by atoms with E-state index in [1.54, 1.807) is 11.8 Å². The first-order valence-corrected chi connectivity index (χ1v) is 8.86. The van der Waals surface area contributed by atoms with E-state index in [1.165, 1.54) is 16.9 Å². The molecule has 1 aromatic carbocycles. The highest BCUT2D eigenvalue weighted by molar-refractivity contribution is 8.00. The number of fused-ring (bicyclic) bond motifs is 1. The molecule has 1 atom stereocenters. The molecule has 2 heterocycles. The molecule has 0 saturated carbocycles. The molecule has 0 bridgehead atoms. The number of hydrogen-bond donors (Lipinski definition) is 2. The van der Waals surface area contributed by atoms with Crippen molar-refractivity contribution in [3.8, 4) is 0 Å². The monoisotopic (exact) mass is 319 g/mol. The number of aryl methyl sites for hydroxylation is 1. The fourth-order valence-corrected chi connectivity index (χ4v) is 4.16. The van der Waals surface area contributed by atoms with Crippen LogP contribution in [0.3, 0.4) is 0 Å². The molecule has 0 unspecified atom stereocenters. The van der Waals surface area contributed by atoms with E-state index in [0.717, 1.165) is 28.4 Å². The number of anilines is 1. The zero-order valence-corrected chi connectivity index (χ0v) is 13.6. The Morgan fingerprint density at radius 1 is 1.48 bits per heavy atom. The Morgan fingerprint density at radius 2 is 2.29 bits per heavy atom. The summed E-state index contributed by atoms with van der Waals surface area (Å²) in [7, 11) is 0. The first-order valence-electron chi connectivity index (χ1n) is 6.82. The summed E-state index contributed by atoms with van der Waals surface area (Å²) in [6, 6.07) is 7.82. The summed E-state index contributed by atoms with van der Waals surface area (Å²) in [5.74, 6) is -0.0384. The molecule has 2 aromatic rings. The summed E-state index contributed by atoms with van der Waals surface area (Å²) in [4.78, 5) is 16.9. The van der Waals surface area contributed by atoms with Gasteiger partial charge in [-0.15, -0.1) is 11.8 Å². The second-order valence-electron chi connectivity index (χ2n) is 4.92. The van der Waals surface area contributed by atoms with Gasteiger partial charge in [0, 0.05) is 6.54 Å². The molecule has 0 radical (unpaired) electrons. The van der Waals surface area contributed by atoms with Crippen molar-refractivity contribution in [3.05, 3.63) is 41.1 Å². The molecule has 21 heavy (non-hydrogen) atoms. The predicted molar refractivity (Wildman–Crippen MR) is 88.2 cm³/mol. The molecule has 0 spiro atoms. The number of amides is 1. The highest BCUT2D eigenvalue weighted by Gasteiger charge is 2.26. The van der Waals surface area contributed by atoms with Gasteiger partial charge in [-0.1, -0.05) is 35.6 Å². The van der Waals surface area contributed by atoms with Crippen molar-refractivity contribution in [2.75, 3.05) is 18.1 Å². The second kappa shape index (κ2) is 6.17. The van der Waals surface area contributed by atoms with Crippen LogP contribution in [0.25, 0.3) is 0 Å². The Labute approximate surface area is 132 Å². The minimum absolute atomic E-state index is 0.0384. The average molecular weight is 319 g/mol. The Hall–Kier alpha value is -1.37. The number of hydrogen-bond acceptors (Lipinski definition) is 5. The molecule has 4 nitrogen and oxygen atoms in total. The minimum atomic E-state index is -0.295. The van der Waals surface area contributed by atoms with Crippen molar-refractivity contribution in [1.29, 1.82) is 0 Å². The van der Waals surface area contributed by atoms with Gasteiger partial charge >= 0.3 is 0 Å². The quantitative estimate of drug-likeness (QED) is 0.854. The Bertz CT molecular complexity index is 669. The van der Waals surface area contributed by atoms with Crippen LogP contribution in [-0.2, 0) is 11.2 Å². The number of nitrogens with one attached hydrogen (secondary N) is 2. The summed E-state index contributed by atoms with van der Waals surface area (Å²) in [5.41, 5.74) is 3.29. The van der Waals surface area contributed by atoms with E-state index in [0.29, 0.717) is 5.13 Å². The first-order chi connectivity index (χ1) is 10.2. The van der Waals surface area contributed by atoms with Gasteiger partial charge in [0.05, 0.1) is 9.90 Å². The topological polar surface area (TPSA) is 54.0 Å². The van der Waals surface area contributed by atoms with Crippen LogP contribution in [0, 0.1) is 6.92 Å². The number of benzene rings is 1. The van der Waals surface area contributed by atoms with E-state index in [2.05, 4.69) is 21.7 Å². The van der Waals surface area contributed by atoms with E-state index in [4.69, 9.17) is 0 Å². The highest BCUT2D eigenvalue weighted by atomic mass is 32.2. The summed E-state index contributed by atoms with van der Waals surface area (Å²) >= 11 is 3.18. The number of thiazole rings is 1. The zero-order valence-electron chi connectivity index (χ0n) is 12.0. The van der Waals surface area contributed by atoms with Gasteiger partial charge in [-0.25, -0.2) is 4.98 Å². The smallest absolute Gasteiger partial charge is 0.247 e. The summed E-state index contributed by atoms with van der Waals surface area (Å²) in [6.07, 6.45) is 2.98. The lowest BCUT2D eigenvalue weighted by molar-refractivity contribution is -0.118. The van der Waals surface area contributed by atoms with Crippen molar-refractivity contribution in [2.45, 2.75) is 23.6 Å². The van der Waals surface area contributed by atoms with Crippen LogP contribution in [0.4, 0.5) is 5.13 Å². The molecule has 1 aliphatic rings. The van der Waals surface area contributed by atoms with Crippen LogP contribution in [-0.4, -0.2) is 23.7 Å².